The summed E-state index contributed by atoms with van der Waals surface area (Å²) in [5.74, 6) is -0.218. The van der Waals surface area contributed by atoms with Gasteiger partial charge in [-0.05, 0) is 18.2 Å². The normalized spacial score (nSPS) is 14.7. The molecule has 2 amide bonds. The zero-order valence-electron chi connectivity index (χ0n) is 15.0. The summed E-state index contributed by atoms with van der Waals surface area (Å²) in [5, 5.41) is 0. The van der Waals surface area contributed by atoms with Crippen molar-refractivity contribution in [3.8, 4) is 0 Å². The van der Waals surface area contributed by atoms with E-state index < -0.39 is 0 Å². The van der Waals surface area contributed by atoms with Gasteiger partial charge in [0.1, 0.15) is 12.8 Å². The highest BCUT2D eigenvalue weighted by molar-refractivity contribution is 5.94. The topological polar surface area (TPSA) is 80.7 Å². The first-order chi connectivity index (χ1) is 13.1. The maximum Gasteiger partial charge on any atom is 0.329 e. The molecule has 1 saturated heterocycles. The lowest BCUT2D eigenvalue weighted by Crippen LogP contribution is -2.51. The van der Waals surface area contributed by atoms with Gasteiger partial charge in [0.25, 0.3) is 5.91 Å². The average Bonchev–Trinajstić information content (AvgIpc) is 3.32. The molecule has 0 spiro atoms. The van der Waals surface area contributed by atoms with Crippen molar-refractivity contribution in [3.05, 3.63) is 58.9 Å². The van der Waals surface area contributed by atoms with Crippen molar-refractivity contribution >= 4 is 22.8 Å². The molecule has 0 aliphatic carbocycles. The molecule has 0 unspecified atom stereocenters. The second kappa shape index (κ2) is 6.79. The standard InChI is InChI=1S/C19H20N4O4/c1-20-15-4-2-3-5-16(15)23(19(20)26)12-17(24)21-7-9-22(10-8-21)18(25)14-6-11-27-13-14/h2-6,11,13H,7-10,12H2,1H3. The molecule has 0 bridgehead atoms. The van der Waals surface area contributed by atoms with Crippen LogP contribution in [0.15, 0.2) is 52.1 Å². The number of hydrogen-bond donors (Lipinski definition) is 0. The third-order valence-electron chi connectivity index (χ3n) is 5.03. The number of rotatable bonds is 3. The van der Waals surface area contributed by atoms with E-state index in [-0.39, 0.29) is 24.0 Å². The number of hydrogen-bond acceptors (Lipinski definition) is 4. The van der Waals surface area contributed by atoms with Crippen LogP contribution >= 0.6 is 0 Å². The van der Waals surface area contributed by atoms with Crippen LogP contribution in [0, 0.1) is 0 Å². The first kappa shape index (κ1) is 17.1. The van der Waals surface area contributed by atoms with Crippen LogP contribution in [0.4, 0.5) is 0 Å². The Kier molecular flexibility index (Phi) is 4.31. The van der Waals surface area contributed by atoms with Gasteiger partial charge in [0.05, 0.1) is 22.9 Å². The smallest absolute Gasteiger partial charge is 0.329 e. The van der Waals surface area contributed by atoms with Gasteiger partial charge in [-0.3, -0.25) is 18.7 Å². The molecule has 0 atom stereocenters. The fourth-order valence-corrected chi connectivity index (χ4v) is 3.48. The Morgan fingerprint density at radius 3 is 2.33 bits per heavy atom. The number of aromatic nitrogens is 2. The minimum absolute atomic E-state index is 0.00410. The minimum atomic E-state index is -0.210. The zero-order valence-corrected chi connectivity index (χ0v) is 15.0. The molecule has 1 fully saturated rings. The summed E-state index contributed by atoms with van der Waals surface area (Å²) in [6, 6.07) is 9.05. The Hall–Kier alpha value is -3.29. The summed E-state index contributed by atoms with van der Waals surface area (Å²) < 4.78 is 8.00. The Bertz CT molecular complexity index is 1040. The summed E-state index contributed by atoms with van der Waals surface area (Å²) in [5.41, 5.74) is 1.84. The van der Waals surface area contributed by atoms with Crippen molar-refractivity contribution in [1.29, 1.82) is 0 Å². The lowest BCUT2D eigenvalue weighted by atomic mass is 10.2. The predicted octanol–water partition coefficient (Wildman–Crippen LogP) is 0.918. The van der Waals surface area contributed by atoms with Gasteiger partial charge in [-0.1, -0.05) is 12.1 Å². The maximum atomic E-state index is 12.7. The van der Waals surface area contributed by atoms with E-state index in [2.05, 4.69) is 0 Å². The number of amides is 2. The van der Waals surface area contributed by atoms with Gasteiger partial charge < -0.3 is 14.2 Å². The van der Waals surface area contributed by atoms with Gasteiger partial charge in [-0.2, -0.15) is 0 Å². The summed E-state index contributed by atoms with van der Waals surface area (Å²) in [7, 11) is 1.70. The molecule has 4 rings (SSSR count). The van der Waals surface area contributed by atoms with Gasteiger partial charge in [0, 0.05) is 33.2 Å². The summed E-state index contributed by atoms with van der Waals surface area (Å²) >= 11 is 0. The lowest BCUT2D eigenvalue weighted by molar-refractivity contribution is -0.133. The van der Waals surface area contributed by atoms with E-state index in [1.807, 2.05) is 24.3 Å². The number of piperazine rings is 1. The number of imidazole rings is 1. The second-order valence-corrected chi connectivity index (χ2v) is 6.60. The first-order valence-corrected chi connectivity index (χ1v) is 8.80. The molecule has 0 radical (unpaired) electrons. The molecule has 1 aliphatic heterocycles. The Balaban J connectivity index is 1.44. The number of carbonyl (C=O) groups excluding carboxylic acids is 2. The molecule has 140 valence electrons. The predicted molar refractivity (Wildman–Crippen MR) is 98.4 cm³/mol. The molecular weight excluding hydrogens is 348 g/mol. The van der Waals surface area contributed by atoms with Crippen molar-refractivity contribution in [2.45, 2.75) is 6.54 Å². The molecule has 3 heterocycles. The van der Waals surface area contributed by atoms with Gasteiger partial charge in [-0.15, -0.1) is 0 Å². The largest absolute Gasteiger partial charge is 0.472 e. The Labute approximate surface area is 155 Å². The van der Waals surface area contributed by atoms with E-state index in [1.165, 1.54) is 17.1 Å². The van der Waals surface area contributed by atoms with E-state index in [0.29, 0.717) is 31.7 Å². The SMILES string of the molecule is Cn1c(=O)n(CC(=O)N2CCN(C(=O)c3ccoc3)CC2)c2ccccc21. The summed E-state index contributed by atoms with van der Waals surface area (Å²) in [6.07, 6.45) is 2.89. The highest BCUT2D eigenvalue weighted by Crippen LogP contribution is 2.13. The number of para-hydroxylation sites is 2. The number of carbonyl (C=O) groups is 2. The van der Waals surface area contributed by atoms with Gasteiger partial charge in [0.15, 0.2) is 0 Å². The third-order valence-corrected chi connectivity index (χ3v) is 5.03. The molecule has 1 aromatic carbocycles. The van der Waals surface area contributed by atoms with Crippen LogP contribution in [0.25, 0.3) is 11.0 Å². The fraction of sp³-hybridized carbons (Fsp3) is 0.316. The van der Waals surface area contributed by atoms with E-state index in [9.17, 15) is 14.4 Å². The van der Waals surface area contributed by atoms with Crippen molar-refractivity contribution < 1.29 is 14.0 Å². The molecule has 1 aliphatic rings. The number of aryl methyl sites for hydroxylation is 1. The number of fused-ring (bicyclic) bond motifs is 1. The Morgan fingerprint density at radius 1 is 1.00 bits per heavy atom. The number of benzene rings is 1. The molecule has 8 nitrogen and oxygen atoms in total. The van der Waals surface area contributed by atoms with Gasteiger partial charge >= 0.3 is 5.69 Å². The first-order valence-electron chi connectivity index (χ1n) is 8.80. The van der Waals surface area contributed by atoms with E-state index in [4.69, 9.17) is 4.42 Å². The second-order valence-electron chi connectivity index (χ2n) is 6.60. The monoisotopic (exact) mass is 368 g/mol. The molecular formula is C19H20N4O4. The quantitative estimate of drug-likeness (QED) is 0.688. The van der Waals surface area contributed by atoms with Gasteiger partial charge in [-0.25, -0.2) is 4.79 Å². The molecule has 8 heteroatoms. The van der Waals surface area contributed by atoms with Crippen LogP contribution in [0.2, 0.25) is 0 Å². The molecule has 27 heavy (non-hydrogen) atoms. The van der Waals surface area contributed by atoms with Crippen LogP contribution in [0.3, 0.4) is 0 Å². The zero-order chi connectivity index (χ0) is 19.0. The number of furan rings is 1. The van der Waals surface area contributed by atoms with Crippen molar-refractivity contribution in [3.63, 3.8) is 0 Å². The highest BCUT2D eigenvalue weighted by atomic mass is 16.3. The number of nitrogens with zero attached hydrogens (tertiary/aromatic N) is 4. The van der Waals surface area contributed by atoms with Crippen LogP contribution in [-0.2, 0) is 18.4 Å². The van der Waals surface area contributed by atoms with Crippen molar-refractivity contribution in [1.82, 2.24) is 18.9 Å². The van der Waals surface area contributed by atoms with Gasteiger partial charge in [0.2, 0.25) is 5.91 Å². The van der Waals surface area contributed by atoms with Crippen molar-refractivity contribution in [2.75, 3.05) is 26.2 Å². The lowest BCUT2D eigenvalue weighted by Gasteiger charge is -2.34. The van der Waals surface area contributed by atoms with Crippen LogP contribution in [-0.4, -0.2) is 56.9 Å². The highest BCUT2D eigenvalue weighted by Gasteiger charge is 2.26. The Morgan fingerprint density at radius 2 is 1.67 bits per heavy atom. The van der Waals surface area contributed by atoms with E-state index in [0.717, 1.165) is 11.0 Å². The summed E-state index contributed by atoms with van der Waals surface area (Å²) in [4.78, 5) is 40.9. The van der Waals surface area contributed by atoms with Crippen LogP contribution in [0.5, 0.6) is 0 Å². The summed E-state index contributed by atoms with van der Waals surface area (Å²) in [6.45, 7) is 1.81. The molecule has 0 N–H and O–H groups in total. The molecule has 0 saturated carbocycles. The van der Waals surface area contributed by atoms with E-state index in [1.54, 1.807) is 27.5 Å². The fourth-order valence-electron chi connectivity index (χ4n) is 3.48. The van der Waals surface area contributed by atoms with Crippen LogP contribution < -0.4 is 5.69 Å². The van der Waals surface area contributed by atoms with Crippen molar-refractivity contribution in [2.24, 2.45) is 7.05 Å². The minimum Gasteiger partial charge on any atom is -0.472 e. The van der Waals surface area contributed by atoms with E-state index >= 15 is 0 Å². The molecule has 3 aromatic rings. The average molecular weight is 368 g/mol. The third kappa shape index (κ3) is 3.03. The van der Waals surface area contributed by atoms with Crippen LogP contribution in [0.1, 0.15) is 10.4 Å². The molecule has 2 aromatic heterocycles. The maximum absolute atomic E-state index is 12.7.